The fourth-order valence-corrected chi connectivity index (χ4v) is 8.74. The number of allylic oxidation sites excluding steroid dienone is 1. The molecule has 6 atom stereocenters. The van der Waals surface area contributed by atoms with Gasteiger partial charge in [-0.2, -0.15) is 0 Å². The van der Waals surface area contributed by atoms with Crippen molar-refractivity contribution in [2.45, 2.75) is 64.9 Å². The van der Waals surface area contributed by atoms with Gasteiger partial charge >= 0.3 is 5.97 Å². The molecule has 7 nitrogen and oxygen atoms in total. The second-order valence-electron chi connectivity index (χ2n) is 12.6. The second kappa shape index (κ2) is 12.5. The summed E-state index contributed by atoms with van der Waals surface area (Å²) in [5.41, 5.74) is 1.52. The first-order valence-corrected chi connectivity index (χ1v) is 16.1. The van der Waals surface area contributed by atoms with Gasteiger partial charge in [0.05, 0.1) is 13.0 Å². The molecule has 3 fully saturated rings. The SMILES string of the molecule is C[C@]12CC(=O)[C@H]3[C@@H](CCC4=CC(=O)NCC[C@@]43C)[C@@H]1CC[C@@H]2OC(=O)CCOc1ccc(N(CCCl)CCCl)cc1. The lowest BCUT2D eigenvalue weighted by Gasteiger charge is -2.55. The highest BCUT2D eigenvalue weighted by Gasteiger charge is 2.62. The van der Waals surface area contributed by atoms with Crippen LogP contribution in [0, 0.1) is 28.6 Å². The Morgan fingerprint density at radius 1 is 1.07 bits per heavy atom. The average molecular weight is 606 g/mol. The molecule has 224 valence electrons. The zero-order valence-electron chi connectivity index (χ0n) is 24.1. The van der Waals surface area contributed by atoms with Gasteiger partial charge in [0.25, 0.3) is 0 Å². The monoisotopic (exact) mass is 604 g/mol. The highest BCUT2D eigenvalue weighted by atomic mass is 35.5. The summed E-state index contributed by atoms with van der Waals surface area (Å²) >= 11 is 11.8. The summed E-state index contributed by atoms with van der Waals surface area (Å²) in [5.74, 6) is 2.19. The van der Waals surface area contributed by atoms with Gasteiger partial charge in [-0.25, -0.2) is 0 Å². The predicted molar refractivity (Wildman–Crippen MR) is 161 cm³/mol. The van der Waals surface area contributed by atoms with Crippen LogP contribution in [0.1, 0.15) is 58.8 Å². The van der Waals surface area contributed by atoms with E-state index < -0.39 is 0 Å². The molecule has 1 aromatic carbocycles. The highest BCUT2D eigenvalue weighted by molar-refractivity contribution is 6.18. The van der Waals surface area contributed by atoms with Crippen molar-refractivity contribution in [2.24, 2.45) is 28.6 Å². The largest absolute Gasteiger partial charge is 0.493 e. The van der Waals surface area contributed by atoms with Crippen LogP contribution in [-0.4, -0.2) is 61.8 Å². The summed E-state index contributed by atoms with van der Waals surface area (Å²) < 4.78 is 11.9. The van der Waals surface area contributed by atoms with Crippen LogP contribution in [0.2, 0.25) is 0 Å². The summed E-state index contributed by atoms with van der Waals surface area (Å²) in [7, 11) is 0. The number of Topliss-reactive ketones (excluding diaryl/α,β-unsaturated/α-hetero) is 1. The maximum atomic E-state index is 13.8. The first-order chi connectivity index (χ1) is 19.7. The molecule has 4 aliphatic rings. The number of amides is 1. The number of anilines is 1. The van der Waals surface area contributed by atoms with Crippen molar-refractivity contribution >= 4 is 46.5 Å². The summed E-state index contributed by atoms with van der Waals surface area (Å²) in [6.45, 7) is 6.58. The van der Waals surface area contributed by atoms with Gasteiger partial charge in [-0.05, 0) is 68.2 Å². The number of alkyl halides is 2. The summed E-state index contributed by atoms with van der Waals surface area (Å²) in [5, 5.41) is 2.96. The van der Waals surface area contributed by atoms with Crippen molar-refractivity contribution in [2.75, 3.05) is 42.9 Å². The maximum absolute atomic E-state index is 13.8. The molecule has 1 aliphatic heterocycles. The van der Waals surface area contributed by atoms with Gasteiger partial charge in [0.1, 0.15) is 17.6 Å². The highest BCUT2D eigenvalue weighted by Crippen LogP contribution is 2.64. The fraction of sp³-hybridized carbons (Fsp3) is 0.656. The molecular formula is C32H42Cl2N2O5. The zero-order valence-corrected chi connectivity index (χ0v) is 25.6. The number of nitrogens with zero attached hydrogens (tertiary/aromatic N) is 1. The van der Waals surface area contributed by atoms with E-state index in [1.54, 1.807) is 6.08 Å². The lowest BCUT2D eigenvalue weighted by molar-refractivity contribution is -0.165. The second-order valence-corrected chi connectivity index (χ2v) is 13.3. The van der Waals surface area contributed by atoms with Crippen LogP contribution in [0.3, 0.4) is 0 Å². The van der Waals surface area contributed by atoms with Gasteiger partial charge < -0.3 is 19.7 Å². The summed E-state index contributed by atoms with van der Waals surface area (Å²) in [6.07, 6.45) is 6.36. The van der Waals surface area contributed by atoms with E-state index in [-0.39, 0.29) is 59.5 Å². The van der Waals surface area contributed by atoms with Gasteiger partial charge in [0.15, 0.2) is 0 Å². The molecule has 1 N–H and O–H groups in total. The number of hydrogen-bond acceptors (Lipinski definition) is 6. The third-order valence-electron chi connectivity index (χ3n) is 10.3. The Labute approximate surface area is 253 Å². The number of fused-ring (bicyclic) bond motifs is 5. The average Bonchev–Trinajstić information content (AvgIpc) is 3.16. The van der Waals surface area contributed by atoms with Gasteiger partial charge in [-0.15, -0.1) is 23.2 Å². The summed E-state index contributed by atoms with van der Waals surface area (Å²) in [4.78, 5) is 41.0. The van der Waals surface area contributed by atoms with Gasteiger partial charge in [0.2, 0.25) is 5.91 Å². The Morgan fingerprint density at radius 2 is 1.80 bits per heavy atom. The van der Waals surface area contributed by atoms with Gasteiger partial charge in [-0.1, -0.05) is 19.4 Å². The first-order valence-electron chi connectivity index (χ1n) is 15.0. The molecule has 0 aromatic heterocycles. The molecule has 0 unspecified atom stereocenters. The van der Waals surface area contributed by atoms with Crippen LogP contribution < -0.4 is 15.0 Å². The van der Waals surface area contributed by atoms with E-state index in [9.17, 15) is 14.4 Å². The molecule has 1 aromatic rings. The number of halogens is 2. The van der Waals surface area contributed by atoms with Crippen molar-refractivity contribution < 1.29 is 23.9 Å². The minimum Gasteiger partial charge on any atom is -0.493 e. The number of carbonyl (C=O) groups excluding carboxylic acids is 3. The molecule has 1 heterocycles. The van der Waals surface area contributed by atoms with E-state index >= 15 is 0 Å². The summed E-state index contributed by atoms with van der Waals surface area (Å²) in [6, 6.07) is 7.70. The van der Waals surface area contributed by atoms with Crippen molar-refractivity contribution in [3.63, 3.8) is 0 Å². The molecule has 0 bridgehead atoms. The van der Waals surface area contributed by atoms with Crippen molar-refractivity contribution in [1.82, 2.24) is 5.32 Å². The molecule has 41 heavy (non-hydrogen) atoms. The van der Waals surface area contributed by atoms with Crippen LogP contribution in [0.5, 0.6) is 5.75 Å². The molecule has 0 saturated heterocycles. The minimum atomic E-state index is -0.348. The van der Waals surface area contributed by atoms with Crippen LogP contribution in [0.15, 0.2) is 35.9 Å². The Kier molecular flexibility index (Phi) is 9.25. The van der Waals surface area contributed by atoms with Crippen LogP contribution in [0.25, 0.3) is 0 Å². The molecule has 5 rings (SSSR count). The van der Waals surface area contributed by atoms with Crippen LogP contribution in [-0.2, 0) is 19.1 Å². The van der Waals surface area contributed by atoms with E-state index in [1.807, 2.05) is 24.3 Å². The third kappa shape index (κ3) is 5.99. The van der Waals surface area contributed by atoms with Crippen LogP contribution >= 0.6 is 23.2 Å². The predicted octanol–water partition coefficient (Wildman–Crippen LogP) is 5.52. The van der Waals surface area contributed by atoms with E-state index in [1.165, 1.54) is 0 Å². The topological polar surface area (TPSA) is 84.9 Å². The number of rotatable bonds is 10. The van der Waals surface area contributed by atoms with Crippen LogP contribution in [0.4, 0.5) is 5.69 Å². The lowest BCUT2D eigenvalue weighted by atomic mass is 9.48. The van der Waals surface area contributed by atoms with E-state index in [2.05, 4.69) is 24.1 Å². The molecule has 0 radical (unpaired) electrons. The van der Waals surface area contributed by atoms with Crippen molar-refractivity contribution in [3.05, 3.63) is 35.9 Å². The third-order valence-corrected chi connectivity index (χ3v) is 10.7. The van der Waals surface area contributed by atoms with E-state index in [0.29, 0.717) is 49.5 Å². The molecular weight excluding hydrogens is 563 g/mol. The number of hydrogen-bond donors (Lipinski definition) is 1. The zero-order chi connectivity index (χ0) is 29.2. The number of nitrogens with one attached hydrogen (secondary N) is 1. The Hall–Kier alpha value is -2.25. The number of esters is 1. The number of benzene rings is 1. The maximum Gasteiger partial charge on any atom is 0.309 e. The number of ketones is 1. The van der Waals surface area contributed by atoms with E-state index in [4.69, 9.17) is 32.7 Å². The number of carbonyl (C=O) groups is 3. The minimum absolute atomic E-state index is 0.0414. The number of ether oxygens (including phenoxy) is 2. The lowest BCUT2D eigenvalue weighted by Crippen LogP contribution is -2.55. The fourth-order valence-electron chi connectivity index (χ4n) is 8.34. The Bertz CT molecular complexity index is 1170. The molecule has 3 saturated carbocycles. The standard InChI is InChI=1S/C32H42Cl2N2O5/c1-31-12-15-35-28(38)19-21(31)3-8-24-25-9-10-27(32(25,2)20-26(37)30(24)31)41-29(39)11-18-40-23-6-4-22(5-7-23)36(16-13-33)17-14-34/h4-7,19,24-25,27,30H,3,8-18,20H2,1-2H3,(H,35,38)/t24-,25-,27-,30+,31-,32-/m0/s1. The smallest absolute Gasteiger partial charge is 0.309 e. The Balaban J connectivity index is 1.17. The van der Waals surface area contributed by atoms with E-state index in [0.717, 1.165) is 43.4 Å². The molecule has 3 aliphatic carbocycles. The van der Waals surface area contributed by atoms with Crippen molar-refractivity contribution in [3.8, 4) is 5.75 Å². The van der Waals surface area contributed by atoms with Gasteiger partial charge in [-0.3, -0.25) is 14.4 Å². The first kappa shape index (κ1) is 30.2. The molecule has 0 spiro atoms. The van der Waals surface area contributed by atoms with Gasteiger partial charge in [0, 0.05) is 66.3 Å². The molecule has 9 heteroatoms. The molecule has 1 amide bonds. The normalized spacial score (nSPS) is 32.5. The Morgan fingerprint density at radius 3 is 2.51 bits per heavy atom. The van der Waals surface area contributed by atoms with Crippen molar-refractivity contribution in [1.29, 1.82) is 0 Å². The quantitative estimate of drug-likeness (QED) is 0.280.